The van der Waals surface area contributed by atoms with Crippen LogP contribution in [0.25, 0.3) is 0 Å². The molecule has 0 aliphatic rings. The van der Waals surface area contributed by atoms with Crippen LogP contribution in [0.4, 0.5) is 0 Å². The van der Waals surface area contributed by atoms with Gasteiger partial charge >= 0.3 is 0 Å². The molecule has 0 saturated heterocycles. The Morgan fingerprint density at radius 1 is 1.59 bits per heavy atom. The minimum atomic E-state index is -0.300. The molecule has 0 bridgehead atoms. The second kappa shape index (κ2) is 6.15. The van der Waals surface area contributed by atoms with Gasteiger partial charge in [0, 0.05) is 38.0 Å². The van der Waals surface area contributed by atoms with E-state index in [0.717, 1.165) is 0 Å². The first-order valence-corrected chi connectivity index (χ1v) is 5.71. The van der Waals surface area contributed by atoms with Gasteiger partial charge in [-0.05, 0) is 6.92 Å². The van der Waals surface area contributed by atoms with E-state index in [-0.39, 0.29) is 16.9 Å². The Balaban J connectivity index is 2.83. The van der Waals surface area contributed by atoms with Gasteiger partial charge in [-0.15, -0.1) is 0 Å². The first kappa shape index (κ1) is 13.4. The molecule has 0 spiro atoms. The zero-order chi connectivity index (χ0) is 12.8. The van der Waals surface area contributed by atoms with Crippen LogP contribution >= 0.6 is 12.2 Å². The summed E-state index contributed by atoms with van der Waals surface area (Å²) in [5.41, 5.74) is 5.24. The highest BCUT2D eigenvalue weighted by Crippen LogP contribution is 2.00. The van der Waals surface area contributed by atoms with Crippen LogP contribution in [0.5, 0.6) is 0 Å². The SMILES string of the molecule is CCN(CCC(N)=S)C(=O)c1c[nH]ccc1=O. The molecule has 3 N–H and O–H groups in total. The highest BCUT2D eigenvalue weighted by atomic mass is 32.1. The number of nitrogens with zero attached hydrogens (tertiary/aromatic N) is 1. The summed E-state index contributed by atoms with van der Waals surface area (Å²) in [7, 11) is 0. The lowest BCUT2D eigenvalue weighted by molar-refractivity contribution is 0.0767. The standard InChI is InChI=1S/C11H15N3O2S/c1-2-14(6-4-10(12)17)11(16)8-7-13-5-3-9(8)15/h3,5,7H,2,4,6H2,1H3,(H2,12,17)(H,13,15). The lowest BCUT2D eigenvalue weighted by Crippen LogP contribution is -2.36. The van der Waals surface area contributed by atoms with Gasteiger partial charge in [-0.1, -0.05) is 12.2 Å². The van der Waals surface area contributed by atoms with Crippen LogP contribution in [0.15, 0.2) is 23.3 Å². The number of nitrogens with one attached hydrogen (secondary N) is 1. The second-order valence-corrected chi connectivity index (χ2v) is 4.05. The van der Waals surface area contributed by atoms with Crippen LogP contribution in [0, 0.1) is 0 Å². The van der Waals surface area contributed by atoms with Gasteiger partial charge in [0.05, 0.1) is 4.99 Å². The average molecular weight is 253 g/mol. The molecule has 0 saturated carbocycles. The Labute approximate surface area is 105 Å². The number of aromatic amines is 1. The summed E-state index contributed by atoms with van der Waals surface area (Å²) < 4.78 is 0. The minimum absolute atomic E-state index is 0.136. The summed E-state index contributed by atoms with van der Waals surface area (Å²) in [5, 5.41) is 0. The lowest BCUT2D eigenvalue weighted by Gasteiger charge is -2.20. The smallest absolute Gasteiger partial charge is 0.259 e. The van der Waals surface area contributed by atoms with Gasteiger partial charge in [0.2, 0.25) is 0 Å². The molecule has 0 atom stereocenters. The van der Waals surface area contributed by atoms with Crippen LogP contribution in [-0.4, -0.2) is 33.9 Å². The molecule has 0 aliphatic carbocycles. The van der Waals surface area contributed by atoms with Gasteiger partial charge < -0.3 is 15.6 Å². The fraction of sp³-hybridized carbons (Fsp3) is 0.364. The molecule has 1 aromatic rings. The molecular weight excluding hydrogens is 238 g/mol. The number of amides is 1. The van der Waals surface area contributed by atoms with Crippen molar-refractivity contribution in [3.8, 4) is 0 Å². The number of rotatable bonds is 5. The van der Waals surface area contributed by atoms with Crippen molar-refractivity contribution in [2.45, 2.75) is 13.3 Å². The molecule has 0 radical (unpaired) electrons. The zero-order valence-electron chi connectivity index (χ0n) is 9.60. The molecule has 6 heteroatoms. The topological polar surface area (TPSA) is 79.2 Å². The predicted molar refractivity (Wildman–Crippen MR) is 70.0 cm³/mol. The van der Waals surface area contributed by atoms with Crippen LogP contribution in [0.3, 0.4) is 0 Å². The fourth-order valence-electron chi connectivity index (χ4n) is 1.40. The molecule has 1 aromatic heterocycles. The summed E-state index contributed by atoms with van der Waals surface area (Å²) in [5.74, 6) is -0.300. The van der Waals surface area contributed by atoms with E-state index in [0.29, 0.717) is 24.5 Å². The molecule has 0 fully saturated rings. The number of nitrogens with two attached hydrogens (primary N) is 1. The Hall–Kier alpha value is -1.69. The highest BCUT2D eigenvalue weighted by molar-refractivity contribution is 7.80. The van der Waals surface area contributed by atoms with Crippen molar-refractivity contribution in [2.75, 3.05) is 13.1 Å². The van der Waals surface area contributed by atoms with Crippen molar-refractivity contribution in [3.63, 3.8) is 0 Å². The van der Waals surface area contributed by atoms with E-state index in [2.05, 4.69) is 4.98 Å². The summed E-state index contributed by atoms with van der Waals surface area (Å²) in [6, 6.07) is 1.33. The largest absolute Gasteiger partial charge is 0.393 e. The first-order valence-electron chi connectivity index (χ1n) is 5.31. The van der Waals surface area contributed by atoms with E-state index in [4.69, 9.17) is 18.0 Å². The maximum absolute atomic E-state index is 12.0. The Bertz CT molecular complexity index is 470. The van der Waals surface area contributed by atoms with Gasteiger partial charge in [-0.3, -0.25) is 9.59 Å². The molecule has 17 heavy (non-hydrogen) atoms. The van der Waals surface area contributed by atoms with Gasteiger partial charge in [-0.25, -0.2) is 0 Å². The van der Waals surface area contributed by atoms with Crippen LogP contribution in [0.1, 0.15) is 23.7 Å². The van der Waals surface area contributed by atoms with Crippen molar-refractivity contribution in [1.29, 1.82) is 0 Å². The Morgan fingerprint density at radius 2 is 2.29 bits per heavy atom. The van der Waals surface area contributed by atoms with Crippen molar-refractivity contribution in [3.05, 3.63) is 34.2 Å². The number of aromatic nitrogens is 1. The summed E-state index contributed by atoms with van der Waals surface area (Å²) >= 11 is 4.76. The van der Waals surface area contributed by atoms with Crippen molar-refractivity contribution in [1.82, 2.24) is 9.88 Å². The zero-order valence-corrected chi connectivity index (χ0v) is 10.4. The fourth-order valence-corrected chi connectivity index (χ4v) is 1.49. The third-order valence-electron chi connectivity index (χ3n) is 2.35. The molecule has 1 amide bonds. The number of H-pyrrole nitrogens is 1. The van der Waals surface area contributed by atoms with E-state index in [1.165, 1.54) is 18.5 Å². The summed E-state index contributed by atoms with van der Waals surface area (Å²) in [6.07, 6.45) is 3.36. The van der Waals surface area contributed by atoms with Gasteiger partial charge in [-0.2, -0.15) is 0 Å². The van der Waals surface area contributed by atoms with E-state index < -0.39 is 0 Å². The highest BCUT2D eigenvalue weighted by Gasteiger charge is 2.16. The predicted octanol–water partition coefficient (Wildman–Crippen LogP) is 0.513. The van der Waals surface area contributed by atoms with Gasteiger partial charge in [0.15, 0.2) is 5.43 Å². The van der Waals surface area contributed by atoms with Crippen molar-refractivity contribution < 1.29 is 4.79 Å². The molecular formula is C11H15N3O2S. The monoisotopic (exact) mass is 253 g/mol. The second-order valence-electron chi connectivity index (χ2n) is 3.52. The molecule has 5 nitrogen and oxygen atoms in total. The molecule has 1 heterocycles. The number of pyridine rings is 1. The van der Waals surface area contributed by atoms with Gasteiger partial charge in [0.25, 0.3) is 5.91 Å². The molecule has 0 aliphatic heterocycles. The first-order chi connectivity index (χ1) is 8.06. The van der Waals surface area contributed by atoms with Crippen LogP contribution in [-0.2, 0) is 0 Å². The third kappa shape index (κ3) is 3.67. The maximum atomic E-state index is 12.0. The number of carbonyl (C=O) groups excluding carboxylic acids is 1. The van der Waals surface area contributed by atoms with E-state index in [1.807, 2.05) is 6.92 Å². The molecule has 0 unspecified atom stereocenters. The van der Waals surface area contributed by atoms with Crippen LogP contribution in [0.2, 0.25) is 0 Å². The van der Waals surface area contributed by atoms with E-state index in [9.17, 15) is 9.59 Å². The molecule has 0 aromatic carbocycles. The third-order valence-corrected chi connectivity index (χ3v) is 2.56. The van der Waals surface area contributed by atoms with E-state index >= 15 is 0 Å². The number of thiocarbonyl (C=S) groups is 1. The van der Waals surface area contributed by atoms with Gasteiger partial charge in [0.1, 0.15) is 5.56 Å². The Morgan fingerprint density at radius 3 is 2.82 bits per heavy atom. The lowest BCUT2D eigenvalue weighted by atomic mass is 10.2. The van der Waals surface area contributed by atoms with Crippen molar-refractivity contribution in [2.24, 2.45) is 5.73 Å². The minimum Gasteiger partial charge on any atom is -0.393 e. The maximum Gasteiger partial charge on any atom is 0.259 e. The Kier molecular flexibility index (Phi) is 4.84. The summed E-state index contributed by atoms with van der Waals surface area (Å²) in [6.45, 7) is 2.78. The number of hydrogen-bond donors (Lipinski definition) is 2. The molecule has 1 rings (SSSR count). The van der Waals surface area contributed by atoms with Crippen LogP contribution < -0.4 is 11.2 Å². The number of hydrogen-bond acceptors (Lipinski definition) is 3. The normalized spacial score (nSPS) is 9.94. The summed E-state index contributed by atoms with van der Waals surface area (Å²) in [4.78, 5) is 28.2. The average Bonchev–Trinajstić information content (AvgIpc) is 2.29. The van der Waals surface area contributed by atoms with Crippen molar-refractivity contribution >= 4 is 23.1 Å². The molecule has 92 valence electrons. The van der Waals surface area contributed by atoms with E-state index in [1.54, 1.807) is 4.90 Å². The number of carbonyl (C=O) groups is 1. The quantitative estimate of drug-likeness (QED) is 0.750.